The molecule has 2 fully saturated rings. The van der Waals surface area contributed by atoms with Crippen molar-refractivity contribution in [1.29, 1.82) is 0 Å². The van der Waals surface area contributed by atoms with Crippen LogP contribution in [0.25, 0.3) is 0 Å². The average Bonchev–Trinajstić information content (AvgIpc) is 2.38. The zero-order chi connectivity index (χ0) is 11.3. The lowest BCUT2D eigenvalue weighted by atomic mass is 9.60. The molecule has 0 aromatic heterocycles. The highest BCUT2D eigenvalue weighted by Crippen LogP contribution is 2.51. The second-order valence-corrected chi connectivity index (χ2v) is 6.05. The predicted molar refractivity (Wildman–Crippen MR) is 67.3 cm³/mol. The summed E-state index contributed by atoms with van der Waals surface area (Å²) < 4.78 is 12.5. The molecule has 0 saturated heterocycles. The molecule has 0 radical (unpaired) electrons. The average molecular weight is 226 g/mol. The maximum Gasteiger partial charge on any atom is 0.0894 e. The van der Waals surface area contributed by atoms with E-state index in [2.05, 4.69) is 0 Å². The molecule has 2 rings (SSSR count). The molecule has 94 valence electrons. The third kappa shape index (κ3) is 2.78. The van der Waals surface area contributed by atoms with Gasteiger partial charge in [-0.25, -0.2) is 0 Å². The van der Waals surface area contributed by atoms with E-state index in [9.17, 15) is 4.39 Å². The van der Waals surface area contributed by atoms with E-state index in [1.54, 1.807) is 0 Å². The molecule has 2 saturated carbocycles. The van der Waals surface area contributed by atoms with Crippen LogP contribution in [-0.4, -0.2) is 6.67 Å². The van der Waals surface area contributed by atoms with E-state index in [1.165, 1.54) is 70.6 Å². The van der Waals surface area contributed by atoms with Gasteiger partial charge in [0.2, 0.25) is 0 Å². The molecule has 0 aliphatic heterocycles. The van der Waals surface area contributed by atoms with Crippen LogP contribution in [0.15, 0.2) is 0 Å². The normalized spacial score (nSPS) is 26.8. The lowest BCUT2D eigenvalue weighted by molar-refractivity contribution is 0.0533. The van der Waals surface area contributed by atoms with Crippen LogP contribution in [0.5, 0.6) is 0 Å². The molecule has 0 N–H and O–H groups in total. The van der Waals surface area contributed by atoms with Crippen LogP contribution in [0.3, 0.4) is 0 Å². The van der Waals surface area contributed by atoms with Crippen LogP contribution in [0.4, 0.5) is 4.39 Å². The highest BCUT2D eigenvalue weighted by Gasteiger charge is 2.39. The van der Waals surface area contributed by atoms with Crippen LogP contribution in [-0.2, 0) is 0 Å². The second-order valence-electron chi connectivity index (χ2n) is 6.05. The number of alkyl halides is 1. The fourth-order valence-electron chi connectivity index (χ4n) is 4.25. The summed E-state index contributed by atoms with van der Waals surface area (Å²) in [7, 11) is 0. The first-order valence-electron chi connectivity index (χ1n) is 7.43. The number of hydrogen-bond donors (Lipinski definition) is 0. The van der Waals surface area contributed by atoms with Gasteiger partial charge in [-0.3, -0.25) is 4.39 Å². The maximum atomic E-state index is 12.5. The van der Waals surface area contributed by atoms with E-state index in [4.69, 9.17) is 0 Å². The summed E-state index contributed by atoms with van der Waals surface area (Å²) in [5.41, 5.74) is 0.560. The van der Waals surface area contributed by atoms with Gasteiger partial charge in [0.05, 0.1) is 6.67 Å². The van der Waals surface area contributed by atoms with Crippen molar-refractivity contribution in [3.63, 3.8) is 0 Å². The first-order valence-corrected chi connectivity index (χ1v) is 7.43. The number of hydrogen-bond acceptors (Lipinski definition) is 0. The summed E-state index contributed by atoms with van der Waals surface area (Å²) in [6.07, 6.45) is 16.2. The molecular weight excluding hydrogens is 199 g/mol. The minimum absolute atomic E-state index is 0.103. The Morgan fingerprint density at radius 3 is 2.12 bits per heavy atom. The minimum atomic E-state index is -0.103. The van der Waals surface area contributed by atoms with Crippen molar-refractivity contribution >= 4 is 0 Å². The second kappa shape index (κ2) is 6.02. The summed E-state index contributed by atoms with van der Waals surface area (Å²) in [4.78, 5) is 0. The maximum absolute atomic E-state index is 12.5. The standard InChI is InChI=1S/C15H27F/c16-13-7-12-15(10-5-2-6-11-15)14-8-3-1-4-9-14/h14H,1-13H2. The van der Waals surface area contributed by atoms with Gasteiger partial charge < -0.3 is 0 Å². The zero-order valence-corrected chi connectivity index (χ0v) is 10.6. The van der Waals surface area contributed by atoms with E-state index < -0.39 is 0 Å². The minimum Gasteiger partial charge on any atom is -0.251 e. The van der Waals surface area contributed by atoms with E-state index in [0.29, 0.717) is 5.41 Å². The molecule has 0 heterocycles. The first kappa shape index (κ1) is 12.4. The molecule has 0 bridgehead atoms. The molecule has 0 amide bonds. The predicted octanol–water partition coefficient (Wildman–Crippen LogP) is 5.27. The Morgan fingerprint density at radius 2 is 1.50 bits per heavy atom. The van der Waals surface area contributed by atoms with Crippen LogP contribution in [0.1, 0.15) is 77.0 Å². The Balaban J connectivity index is 1.99. The molecular formula is C15H27F. The molecule has 0 aromatic rings. The topological polar surface area (TPSA) is 0 Å². The zero-order valence-electron chi connectivity index (χ0n) is 10.6. The Morgan fingerprint density at radius 1 is 0.875 bits per heavy atom. The third-order valence-corrected chi connectivity index (χ3v) is 5.13. The van der Waals surface area contributed by atoms with Gasteiger partial charge in [0.25, 0.3) is 0 Å². The van der Waals surface area contributed by atoms with Gasteiger partial charge >= 0.3 is 0 Å². The summed E-state index contributed by atoms with van der Waals surface area (Å²) >= 11 is 0. The van der Waals surface area contributed by atoms with Gasteiger partial charge in [0.15, 0.2) is 0 Å². The fraction of sp³-hybridized carbons (Fsp3) is 1.00. The molecule has 16 heavy (non-hydrogen) atoms. The highest BCUT2D eigenvalue weighted by atomic mass is 19.1. The first-order chi connectivity index (χ1) is 7.87. The number of halogens is 1. The summed E-state index contributed by atoms with van der Waals surface area (Å²) in [6.45, 7) is -0.103. The van der Waals surface area contributed by atoms with Gasteiger partial charge in [-0.15, -0.1) is 0 Å². The smallest absolute Gasteiger partial charge is 0.0894 e. The quantitative estimate of drug-likeness (QED) is 0.613. The van der Waals surface area contributed by atoms with Crippen LogP contribution in [0, 0.1) is 11.3 Å². The summed E-state index contributed by atoms with van der Waals surface area (Å²) in [5.74, 6) is 0.938. The van der Waals surface area contributed by atoms with Gasteiger partial charge in [-0.2, -0.15) is 0 Å². The molecule has 2 aliphatic carbocycles. The van der Waals surface area contributed by atoms with Crippen molar-refractivity contribution in [2.24, 2.45) is 11.3 Å². The Hall–Kier alpha value is -0.0700. The van der Waals surface area contributed by atoms with E-state index in [0.717, 1.165) is 12.3 Å². The summed E-state index contributed by atoms with van der Waals surface area (Å²) in [5, 5.41) is 0. The largest absolute Gasteiger partial charge is 0.251 e. The molecule has 0 aromatic carbocycles. The van der Waals surface area contributed by atoms with Gasteiger partial charge in [-0.05, 0) is 49.9 Å². The van der Waals surface area contributed by atoms with Crippen molar-refractivity contribution in [3.8, 4) is 0 Å². The summed E-state index contributed by atoms with van der Waals surface area (Å²) in [6, 6.07) is 0. The Kier molecular flexibility index (Phi) is 4.66. The van der Waals surface area contributed by atoms with Crippen molar-refractivity contribution in [3.05, 3.63) is 0 Å². The fourth-order valence-corrected chi connectivity index (χ4v) is 4.25. The van der Waals surface area contributed by atoms with Gasteiger partial charge in [0.1, 0.15) is 0 Å². The van der Waals surface area contributed by atoms with Crippen LogP contribution >= 0.6 is 0 Å². The SMILES string of the molecule is FCCCC1(C2CCCCC2)CCCCC1. The van der Waals surface area contributed by atoms with Crippen molar-refractivity contribution < 1.29 is 4.39 Å². The molecule has 0 spiro atoms. The Labute approximate surface area is 100 Å². The van der Waals surface area contributed by atoms with Crippen LogP contribution < -0.4 is 0 Å². The van der Waals surface area contributed by atoms with Crippen molar-refractivity contribution in [2.75, 3.05) is 6.67 Å². The van der Waals surface area contributed by atoms with E-state index in [-0.39, 0.29) is 6.67 Å². The van der Waals surface area contributed by atoms with E-state index >= 15 is 0 Å². The van der Waals surface area contributed by atoms with Crippen molar-refractivity contribution in [2.45, 2.75) is 77.0 Å². The number of rotatable bonds is 4. The molecule has 1 heteroatoms. The molecule has 0 nitrogen and oxygen atoms in total. The molecule has 0 atom stereocenters. The molecule has 2 aliphatic rings. The highest BCUT2D eigenvalue weighted by molar-refractivity contribution is 4.90. The van der Waals surface area contributed by atoms with Gasteiger partial charge in [0, 0.05) is 0 Å². The van der Waals surface area contributed by atoms with Gasteiger partial charge in [-0.1, -0.05) is 38.5 Å². The third-order valence-electron chi connectivity index (χ3n) is 5.13. The lowest BCUT2D eigenvalue weighted by Crippen LogP contribution is -2.34. The monoisotopic (exact) mass is 226 g/mol. The lowest BCUT2D eigenvalue weighted by Gasteiger charge is -2.45. The molecule has 0 unspecified atom stereocenters. The Bertz CT molecular complexity index is 188. The van der Waals surface area contributed by atoms with Crippen LogP contribution in [0.2, 0.25) is 0 Å². The van der Waals surface area contributed by atoms with Crippen molar-refractivity contribution in [1.82, 2.24) is 0 Å². The van der Waals surface area contributed by atoms with E-state index in [1.807, 2.05) is 0 Å².